The first-order valence-corrected chi connectivity index (χ1v) is 4.38. The third-order valence-corrected chi connectivity index (χ3v) is 2.12. The molecule has 0 unspecified atom stereocenters. The predicted octanol–water partition coefficient (Wildman–Crippen LogP) is 1.74. The van der Waals surface area contributed by atoms with Crippen molar-refractivity contribution in [1.29, 1.82) is 0 Å². The van der Waals surface area contributed by atoms with Gasteiger partial charge < -0.3 is 9.84 Å². The van der Waals surface area contributed by atoms with Gasteiger partial charge in [-0.25, -0.2) is 4.98 Å². The number of hydrogen-bond acceptors (Lipinski definition) is 3. The third kappa shape index (κ3) is 1.42. The Balaban J connectivity index is 2.70. The van der Waals surface area contributed by atoms with Crippen LogP contribution in [-0.4, -0.2) is 17.2 Å². The fraction of sp³-hybridized carbons (Fsp3) is 0.182. The SMILES string of the molecule is COc1cccc2ccc(CO)nc12. The number of aliphatic hydroxyl groups is 1. The van der Waals surface area contributed by atoms with E-state index in [0.717, 1.165) is 16.7 Å². The van der Waals surface area contributed by atoms with Gasteiger partial charge >= 0.3 is 0 Å². The average molecular weight is 189 g/mol. The van der Waals surface area contributed by atoms with E-state index in [4.69, 9.17) is 9.84 Å². The van der Waals surface area contributed by atoms with Gasteiger partial charge in [-0.1, -0.05) is 18.2 Å². The van der Waals surface area contributed by atoms with Crippen LogP contribution in [0.2, 0.25) is 0 Å². The van der Waals surface area contributed by atoms with Gasteiger partial charge in [-0.15, -0.1) is 0 Å². The van der Waals surface area contributed by atoms with Crippen molar-refractivity contribution in [2.45, 2.75) is 6.61 Å². The summed E-state index contributed by atoms with van der Waals surface area (Å²) >= 11 is 0. The molecule has 3 nitrogen and oxygen atoms in total. The van der Waals surface area contributed by atoms with E-state index in [-0.39, 0.29) is 6.61 Å². The molecule has 1 aromatic heterocycles. The summed E-state index contributed by atoms with van der Waals surface area (Å²) in [7, 11) is 1.61. The molecule has 0 aliphatic heterocycles. The first kappa shape index (κ1) is 8.97. The van der Waals surface area contributed by atoms with E-state index < -0.39 is 0 Å². The maximum Gasteiger partial charge on any atom is 0.145 e. The lowest BCUT2D eigenvalue weighted by atomic mass is 10.2. The fourth-order valence-corrected chi connectivity index (χ4v) is 1.41. The minimum atomic E-state index is -0.0476. The Kier molecular flexibility index (Phi) is 2.33. The van der Waals surface area contributed by atoms with Crippen molar-refractivity contribution < 1.29 is 9.84 Å². The van der Waals surface area contributed by atoms with Crippen LogP contribution in [0.4, 0.5) is 0 Å². The molecule has 0 amide bonds. The topological polar surface area (TPSA) is 42.4 Å². The van der Waals surface area contributed by atoms with Gasteiger partial charge in [0.25, 0.3) is 0 Å². The number of benzene rings is 1. The molecule has 1 heterocycles. The minimum Gasteiger partial charge on any atom is -0.494 e. The predicted molar refractivity (Wildman–Crippen MR) is 54.2 cm³/mol. The lowest BCUT2D eigenvalue weighted by molar-refractivity contribution is 0.277. The molecule has 0 radical (unpaired) electrons. The molecule has 0 saturated carbocycles. The van der Waals surface area contributed by atoms with Gasteiger partial charge in [-0.2, -0.15) is 0 Å². The molecule has 0 saturated heterocycles. The summed E-state index contributed by atoms with van der Waals surface area (Å²) in [6.45, 7) is -0.0476. The number of hydrogen-bond donors (Lipinski definition) is 1. The number of aromatic nitrogens is 1. The monoisotopic (exact) mass is 189 g/mol. The first-order valence-electron chi connectivity index (χ1n) is 4.38. The van der Waals surface area contributed by atoms with Gasteiger partial charge in [0, 0.05) is 5.39 Å². The molecule has 1 N–H and O–H groups in total. The van der Waals surface area contributed by atoms with Crippen molar-refractivity contribution in [1.82, 2.24) is 4.98 Å². The largest absolute Gasteiger partial charge is 0.494 e. The van der Waals surface area contributed by atoms with E-state index >= 15 is 0 Å². The van der Waals surface area contributed by atoms with Crippen LogP contribution >= 0.6 is 0 Å². The molecule has 3 heteroatoms. The molecule has 0 spiro atoms. The van der Waals surface area contributed by atoms with Gasteiger partial charge in [0.2, 0.25) is 0 Å². The first-order chi connectivity index (χ1) is 6.85. The van der Waals surface area contributed by atoms with Crippen LogP contribution in [-0.2, 0) is 6.61 Å². The van der Waals surface area contributed by atoms with Gasteiger partial charge in [0.15, 0.2) is 0 Å². The second-order valence-corrected chi connectivity index (χ2v) is 2.99. The number of methoxy groups -OCH3 is 1. The van der Waals surface area contributed by atoms with Crippen molar-refractivity contribution in [3.63, 3.8) is 0 Å². The number of fused-ring (bicyclic) bond motifs is 1. The van der Waals surface area contributed by atoms with Crippen molar-refractivity contribution in [3.05, 3.63) is 36.0 Å². The molecule has 0 atom stereocenters. The van der Waals surface area contributed by atoms with Gasteiger partial charge in [-0.3, -0.25) is 0 Å². The average Bonchev–Trinajstić information content (AvgIpc) is 2.27. The standard InChI is InChI=1S/C11H11NO2/c1-14-10-4-2-3-8-5-6-9(7-13)12-11(8)10/h2-6,13H,7H2,1H3. The number of para-hydroxylation sites is 1. The molecule has 2 rings (SSSR count). The summed E-state index contributed by atoms with van der Waals surface area (Å²) in [4.78, 5) is 4.29. The second kappa shape index (κ2) is 3.64. The minimum absolute atomic E-state index is 0.0476. The number of rotatable bonds is 2. The summed E-state index contributed by atoms with van der Waals surface area (Å²) in [6.07, 6.45) is 0. The van der Waals surface area contributed by atoms with E-state index in [9.17, 15) is 0 Å². The molecule has 14 heavy (non-hydrogen) atoms. The smallest absolute Gasteiger partial charge is 0.145 e. The Morgan fingerprint density at radius 2 is 2.14 bits per heavy atom. The Labute approximate surface area is 82.0 Å². The summed E-state index contributed by atoms with van der Waals surface area (Å²) < 4.78 is 5.18. The zero-order valence-corrected chi connectivity index (χ0v) is 7.90. The normalized spacial score (nSPS) is 10.4. The summed E-state index contributed by atoms with van der Waals surface area (Å²) in [5.74, 6) is 0.734. The lowest BCUT2D eigenvalue weighted by Crippen LogP contribution is -1.92. The van der Waals surface area contributed by atoms with Gasteiger partial charge in [0.1, 0.15) is 11.3 Å². The molecular weight excluding hydrogens is 178 g/mol. The number of nitrogens with zero attached hydrogens (tertiary/aromatic N) is 1. The van der Waals surface area contributed by atoms with Crippen LogP contribution in [0.3, 0.4) is 0 Å². The van der Waals surface area contributed by atoms with Crippen molar-refractivity contribution >= 4 is 10.9 Å². The lowest BCUT2D eigenvalue weighted by Gasteiger charge is -2.05. The van der Waals surface area contributed by atoms with E-state index in [1.54, 1.807) is 7.11 Å². The molecule has 72 valence electrons. The van der Waals surface area contributed by atoms with Crippen LogP contribution in [0, 0.1) is 0 Å². The highest BCUT2D eigenvalue weighted by Crippen LogP contribution is 2.23. The molecule has 0 bridgehead atoms. The van der Waals surface area contributed by atoms with Gasteiger partial charge in [-0.05, 0) is 12.1 Å². The van der Waals surface area contributed by atoms with Crippen LogP contribution in [0.1, 0.15) is 5.69 Å². The Morgan fingerprint density at radius 3 is 2.86 bits per heavy atom. The van der Waals surface area contributed by atoms with Gasteiger partial charge in [0.05, 0.1) is 19.4 Å². The fourth-order valence-electron chi connectivity index (χ4n) is 1.41. The third-order valence-electron chi connectivity index (χ3n) is 2.12. The van der Waals surface area contributed by atoms with E-state index in [1.165, 1.54) is 0 Å². The quantitative estimate of drug-likeness (QED) is 0.782. The molecule has 1 aromatic carbocycles. The van der Waals surface area contributed by atoms with Crippen molar-refractivity contribution in [2.75, 3.05) is 7.11 Å². The van der Waals surface area contributed by atoms with E-state index in [2.05, 4.69) is 4.98 Å². The maximum absolute atomic E-state index is 8.96. The van der Waals surface area contributed by atoms with Crippen molar-refractivity contribution in [3.8, 4) is 5.75 Å². The molecule has 0 aliphatic rings. The second-order valence-electron chi connectivity index (χ2n) is 2.99. The molecular formula is C11H11NO2. The molecule has 2 aromatic rings. The zero-order valence-electron chi connectivity index (χ0n) is 7.90. The van der Waals surface area contributed by atoms with E-state index in [1.807, 2.05) is 30.3 Å². The van der Waals surface area contributed by atoms with Crippen LogP contribution in [0.25, 0.3) is 10.9 Å². The van der Waals surface area contributed by atoms with Crippen LogP contribution in [0.15, 0.2) is 30.3 Å². The Bertz CT molecular complexity index is 454. The number of pyridine rings is 1. The highest BCUT2D eigenvalue weighted by Gasteiger charge is 2.02. The number of ether oxygens (including phenoxy) is 1. The summed E-state index contributed by atoms with van der Waals surface area (Å²) in [5, 5.41) is 9.97. The van der Waals surface area contributed by atoms with Crippen molar-refractivity contribution in [2.24, 2.45) is 0 Å². The summed E-state index contributed by atoms with van der Waals surface area (Å²) in [5.41, 5.74) is 1.45. The highest BCUT2D eigenvalue weighted by atomic mass is 16.5. The molecule has 0 aliphatic carbocycles. The van der Waals surface area contributed by atoms with E-state index in [0.29, 0.717) is 5.69 Å². The highest BCUT2D eigenvalue weighted by molar-refractivity contribution is 5.84. The maximum atomic E-state index is 8.96. The number of aliphatic hydroxyl groups excluding tert-OH is 1. The molecule has 0 fully saturated rings. The summed E-state index contributed by atoms with van der Waals surface area (Å²) in [6, 6.07) is 9.47. The van der Waals surface area contributed by atoms with Crippen LogP contribution < -0.4 is 4.74 Å². The Hall–Kier alpha value is -1.61. The zero-order chi connectivity index (χ0) is 9.97. The Morgan fingerprint density at radius 1 is 1.29 bits per heavy atom. The van der Waals surface area contributed by atoms with Crippen LogP contribution in [0.5, 0.6) is 5.75 Å².